The summed E-state index contributed by atoms with van der Waals surface area (Å²) in [6, 6.07) is 4.46. The SMILES string of the molecule is O=C1CC(S)CN1c1cc(F)ccc1I. The molecule has 1 aliphatic heterocycles. The van der Waals surface area contributed by atoms with Crippen molar-refractivity contribution in [3.05, 3.63) is 27.6 Å². The Balaban J connectivity index is 2.37. The molecule has 5 heteroatoms. The molecule has 1 saturated heterocycles. The summed E-state index contributed by atoms with van der Waals surface area (Å²) in [6.45, 7) is 0.557. The largest absolute Gasteiger partial charge is 0.310 e. The zero-order chi connectivity index (χ0) is 11.0. The summed E-state index contributed by atoms with van der Waals surface area (Å²) in [5.74, 6) is -0.306. The topological polar surface area (TPSA) is 20.3 Å². The number of hydrogen-bond donors (Lipinski definition) is 1. The number of carbonyl (C=O) groups excluding carboxylic acids is 1. The first kappa shape index (κ1) is 11.2. The lowest BCUT2D eigenvalue weighted by Crippen LogP contribution is -2.25. The molecule has 0 aromatic heterocycles. The van der Waals surface area contributed by atoms with Crippen LogP contribution in [0.1, 0.15) is 6.42 Å². The van der Waals surface area contributed by atoms with Crippen LogP contribution in [0.4, 0.5) is 10.1 Å². The Morgan fingerprint density at radius 3 is 2.87 bits per heavy atom. The van der Waals surface area contributed by atoms with E-state index in [-0.39, 0.29) is 17.0 Å². The van der Waals surface area contributed by atoms with E-state index in [4.69, 9.17) is 0 Å². The highest BCUT2D eigenvalue weighted by atomic mass is 127. The molecule has 2 rings (SSSR count). The number of benzene rings is 1. The first-order chi connectivity index (χ1) is 7.08. The highest BCUT2D eigenvalue weighted by Gasteiger charge is 2.29. The monoisotopic (exact) mass is 337 g/mol. The number of carbonyl (C=O) groups is 1. The summed E-state index contributed by atoms with van der Waals surface area (Å²) in [4.78, 5) is 13.2. The first-order valence-electron chi connectivity index (χ1n) is 4.51. The molecule has 80 valence electrons. The van der Waals surface area contributed by atoms with Gasteiger partial charge in [0.25, 0.3) is 0 Å². The van der Waals surface area contributed by atoms with Crippen LogP contribution in [-0.4, -0.2) is 17.7 Å². The standard InChI is InChI=1S/C10H9FINOS/c11-6-1-2-8(12)9(3-6)13-5-7(15)4-10(13)14/h1-3,7,15H,4-5H2. The number of rotatable bonds is 1. The molecule has 1 fully saturated rings. The van der Waals surface area contributed by atoms with Crippen LogP contribution in [0.15, 0.2) is 18.2 Å². The minimum Gasteiger partial charge on any atom is -0.310 e. The van der Waals surface area contributed by atoms with Gasteiger partial charge in [-0.15, -0.1) is 0 Å². The van der Waals surface area contributed by atoms with E-state index in [1.807, 2.05) is 0 Å². The van der Waals surface area contributed by atoms with Gasteiger partial charge >= 0.3 is 0 Å². The van der Waals surface area contributed by atoms with Crippen LogP contribution in [-0.2, 0) is 4.79 Å². The van der Waals surface area contributed by atoms with Gasteiger partial charge in [0.1, 0.15) is 5.82 Å². The smallest absolute Gasteiger partial charge is 0.228 e. The van der Waals surface area contributed by atoms with E-state index in [0.29, 0.717) is 18.7 Å². The van der Waals surface area contributed by atoms with Gasteiger partial charge in [0.15, 0.2) is 0 Å². The van der Waals surface area contributed by atoms with Crippen molar-refractivity contribution < 1.29 is 9.18 Å². The van der Waals surface area contributed by atoms with Gasteiger partial charge in [0.05, 0.1) is 5.69 Å². The van der Waals surface area contributed by atoms with Crippen molar-refractivity contribution in [1.29, 1.82) is 0 Å². The van der Waals surface area contributed by atoms with E-state index in [2.05, 4.69) is 35.2 Å². The van der Waals surface area contributed by atoms with Crippen LogP contribution in [0.3, 0.4) is 0 Å². The van der Waals surface area contributed by atoms with E-state index < -0.39 is 0 Å². The second-order valence-electron chi connectivity index (χ2n) is 3.46. The third-order valence-electron chi connectivity index (χ3n) is 2.30. The molecule has 1 heterocycles. The number of anilines is 1. The van der Waals surface area contributed by atoms with Gasteiger partial charge in [-0.3, -0.25) is 4.79 Å². The zero-order valence-electron chi connectivity index (χ0n) is 7.78. The average molecular weight is 337 g/mol. The summed E-state index contributed by atoms with van der Waals surface area (Å²) in [6.07, 6.45) is 0.426. The fourth-order valence-corrected chi connectivity index (χ4v) is 2.56. The van der Waals surface area contributed by atoms with Crippen molar-refractivity contribution in [3.8, 4) is 0 Å². The van der Waals surface area contributed by atoms with Gasteiger partial charge < -0.3 is 4.90 Å². The predicted molar refractivity (Wildman–Crippen MR) is 68.9 cm³/mol. The lowest BCUT2D eigenvalue weighted by molar-refractivity contribution is -0.117. The van der Waals surface area contributed by atoms with Crippen molar-refractivity contribution in [2.45, 2.75) is 11.7 Å². The molecule has 15 heavy (non-hydrogen) atoms. The van der Waals surface area contributed by atoms with Crippen LogP contribution < -0.4 is 4.90 Å². The summed E-state index contributed by atoms with van der Waals surface area (Å²) in [5, 5.41) is 0.0524. The van der Waals surface area contributed by atoms with Crippen LogP contribution in [0, 0.1) is 9.39 Å². The zero-order valence-corrected chi connectivity index (χ0v) is 10.8. The Kier molecular flexibility index (Phi) is 3.20. The molecule has 0 aliphatic carbocycles. The maximum absolute atomic E-state index is 13.1. The number of hydrogen-bond acceptors (Lipinski definition) is 2. The molecule has 2 nitrogen and oxygen atoms in total. The molecular weight excluding hydrogens is 328 g/mol. The normalized spacial score (nSPS) is 21.1. The minimum absolute atomic E-state index is 0.0125. The lowest BCUT2D eigenvalue weighted by Gasteiger charge is -2.17. The molecule has 1 aromatic rings. The number of amides is 1. The van der Waals surface area contributed by atoms with Crippen molar-refractivity contribution in [3.63, 3.8) is 0 Å². The van der Waals surface area contributed by atoms with Crippen LogP contribution in [0.2, 0.25) is 0 Å². The van der Waals surface area contributed by atoms with Gasteiger partial charge in [-0.25, -0.2) is 4.39 Å². The highest BCUT2D eigenvalue weighted by Crippen LogP contribution is 2.28. The second kappa shape index (κ2) is 4.29. The summed E-state index contributed by atoms with van der Waals surface area (Å²) < 4.78 is 13.9. The third-order valence-corrected chi connectivity index (χ3v) is 3.56. The first-order valence-corrected chi connectivity index (χ1v) is 6.11. The van der Waals surface area contributed by atoms with Gasteiger partial charge in [-0.05, 0) is 40.8 Å². The molecule has 1 amide bonds. The van der Waals surface area contributed by atoms with Crippen molar-refractivity contribution in [2.75, 3.05) is 11.4 Å². The molecule has 1 atom stereocenters. The van der Waals surface area contributed by atoms with E-state index in [9.17, 15) is 9.18 Å². The third kappa shape index (κ3) is 2.28. The van der Waals surface area contributed by atoms with Gasteiger partial charge in [-0.2, -0.15) is 12.6 Å². The molecule has 0 bridgehead atoms. The summed E-state index contributed by atoms with van der Waals surface area (Å²) in [5.41, 5.74) is 0.650. The van der Waals surface area contributed by atoms with Gasteiger partial charge in [-0.1, -0.05) is 0 Å². The average Bonchev–Trinajstić information content (AvgIpc) is 2.50. The Hall–Kier alpha value is -0.300. The molecule has 0 N–H and O–H groups in total. The Labute approximate surface area is 106 Å². The highest BCUT2D eigenvalue weighted by molar-refractivity contribution is 14.1. The molecule has 0 radical (unpaired) electrons. The predicted octanol–water partition coefficient (Wildman–Crippen LogP) is 2.47. The maximum atomic E-state index is 13.1. The van der Waals surface area contributed by atoms with Gasteiger partial charge in [0.2, 0.25) is 5.91 Å². The number of nitrogens with zero attached hydrogens (tertiary/aromatic N) is 1. The molecule has 0 spiro atoms. The van der Waals surface area contributed by atoms with E-state index in [1.54, 1.807) is 11.0 Å². The molecule has 0 saturated carbocycles. The van der Waals surface area contributed by atoms with Crippen LogP contribution in [0.5, 0.6) is 0 Å². The Bertz CT molecular complexity index is 412. The Morgan fingerprint density at radius 1 is 1.53 bits per heavy atom. The van der Waals surface area contributed by atoms with Crippen molar-refractivity contribution in [2.24, 2.45) is 0 Å². The van der Waals surface area contributed by atoms with E-state index in [1.165, 1.54) is 12.1 Å². The summed E-state index contributed by atoms with van der Waals surface area (Å²) in [7, 11) is 0. The van der Waals surface area contributed by atoms with Crippen LogP contribution in [0.25, 0.3) is 0 Å². The molecule has 1 aliphatic rings. The van der Waals surface area contributed by atoms with Crippen molar-refractivity contribution in [1.82, 2.24) is 0 Å². The molecular formula is C10H9FINOS. The molecule has 1 aromatic carbocycles. The minimum atomic E-state index is -0.319. The number of thiol groups is 1. The quantitative estimate of drug-likeness (QED) is 0.617. The van der Waals surface area contributed by atoms with Crippen molar-refractivity contribution >= 4 is 46.8 Å². The van der Waals surface area contributed by atoms with E-state index in [0.717, 1.165) is 3.57 Å². The fraction of sp³-hybridized carbons (Fsp3) is 0.300. The number of halogens is 2. The maximum Gasteiger partial charge on any atom is 0.228 e. The van der Waals surface area contributed by atoms with Crippen LogP contribution >= 0.6 is 35.2 Å². The van der Waals surface area contributed by atoms with E-state index >= 15 is 0 Å². The molecule has 1 unspecified atom stereocenters. The fourth-order valence-electron chi connectivity index (χ4n) is 1.61. The summed E-state index contributed by atoms with van der Waals surface area (Å²) >= 11 is 6.36. The second-order valence-corrected chi connectivity index (χ2v) is 5.35. The lowest BCUT2D eigenvalue weighted by atomic mass is 10.3. The van der Waals surface area contributed by atoms with Gasteiger partial charge in [0, 0.05) is 21.8 Å². The Morgan fingerprint density at radius 2 is 2.27 bits per heavy atom.